The van der Waals surface area contributed by atoms with Crippen LogP contribution in [0.3, 0.4) is 0 Å². The third-order valence-corrected chi connectivity index (χ3v) is 7.22. The summed E-state index contributed by atoms with van der Waals surface area (Å²) in [5.41, 5.74) is 7.22. The number of carbonyl (C=O) groups excluding carboxylic acids is 1. The molecule has 0 aliphatic carbocycles. The Morgan fingerprint density at radius 2 is 1.33 bits per heavy atom. The summed E-state index contributed by atoms with van der Waals surface area (Å²) in [6.45, 7) is 5.47. The first-order valence-electron chi connectivity index (χ1n) is 13.3. The fraction of sp³-hybridized carbons (Fsp3) is 0.219. The maximum absolute atomic E-state index is 12.6. The first-order valence-corrected chi connectivity index (χ1v) is 13.3. The predicted molar refractivity (Wildman–Crippen MR) is 155 cm³/mol. The minimum atomic E-state index is 0.220. The van der Waals surface area contributed by atoms with Crippen LogP contribution < -0.4 is 9.80 Å². The fourth-order valence-corrected chi connectivity index (χ4v) is 4.99. The Morgan fingerprint density at radius 3 is 2.00 bits per heavy atom. The Kier molecular flexibility index (Phi) is 6.95. The van der Waals surface area contributed by atoms with Crippen LogP contribution in [0.4, 0.5) is 11.6 Å². The van der Waals surface area contributed by atoms with Gasteiger partial charge in [0.2, 0.25) is 0 Å². The standard InChI is InChI=1S/C32H30N6O/c1-23-2-4-24(5-3-23)18-28(39)19-25-6-8-26(9-7-25)27-10-11-29-30(20-27)36-32(22-35-29)38-16-14-37(15-17-38)31-21-33-12-13-34-31/h2-13,20-22H,14-19H2,1H3. The number of Topliss-reactive ketones (excluding diaryl/α,β-unsaturated/α-hetero) is 1. The van der Waals surface area contributed by atoms with Crippen LogP contribution in [-0.2, 0) is 17.6 Å². The van der Waals surface area contributed by atoms with Crippen LogP contribution in [0.2, 0.25) is 0 Å². The molecule has 0 spiro atoms. The molecule has 0 radical (unpaired) electrons. The Labute approximate surface area is 228 Å². The number of piperazine rings is 1. The van der Waals surface area contributed by atoms with Crippen molar-refractivity contribution in [1.82, 2.24) is 19.9 Å². The zero-order chi connectivity index (χ0) is 26.6. The van der Waals surface area contributed by atoms with Gasteiger partial charge in [-0.05, 0) is 41.3 Å². The summed E-state index contributed by atoms with van der Waals surface area (Å²) in [4.78, 5) is 35.3. The van der Waals surface area contributed by atoms with Crippen LogP contribution >= 0.6 is 0 Å². The number of anilines is 2. The maximum atomic E-state index is 12.6. The molecule has 0 atom stereocenters. The van der Waals surface area contributed by atoms with E-state index in [1.807, 2.05) is 42.7 Å². The molecule has 0 amide bonds. The van der Waals surface area contributed by atoms with Gasteiger partial charge >= 0.3 is 0 Å². The lowest BCUT2D eigenvalue weighted by atomic mass is 9.99. The highest BCUT2D eigenvalue weighted by Crippen LogP contribution is 2.25. The Hall–Kier alpha value is -4.65. The fourth-order valence-electron chi connectivity index (χ4n) is 4.99. The van der Waals surface area contributed by atoms with E-state index in [1.165, 1.54) is 5.56 Å². The van der Waals surface area contributed by atoms with E-state index in [2.05, 4.69) is 68.1 Å². The van der Waals surface area contributed by atoms with Crippen molar-refractivity contribution in [1.29, 1.82) is 0 Å². The van der Waals surface area contributed by atoms with Gasteiger partial charge in [-0.25, -0.2) is 9.97 Å². The molecule has 1 aliphatic heterocycles. The molecule has 5 aromatic rings. The number of hydrogen-bond acceptors (Lipinski definition) is 7. The number of rotatable bonds is 7. The lowest BCUT2D eigenvalue weighted by Gasteiger charge is -2.35. The Balaban J connectivity index is 1.12. The highest BCUT2D eigenvalue weighted by atomic mass is 16.1. The van der Waals surface area contributed by atoms with Crippen molar-refractivity contribution in [3.63, 3.8) is 0 Å². The van der Waals surface area contributed by atoms with Crippen molar-refractivity contribution in [2.24, 2.45) is 0 Å². The Bertz CT molecular complexity index is 1580. The topological polar surface area (TPSA) is 75.1 Å². The molecule has 7 heteroatoms. The van der Waals surface area contributed by atoms with Crippen molar-refractivity contribution in [3.05, 3.63) is 108 Å². The minimum absolute atomic E-state index is 0.220. The van der Waals surface area contributed by atoms with E-state index in [9.17, 15) is 4.79 Å². The van der Waals surface area contributed by atoms with E-state index in [0.717, 1.165) is 71.1 Å². The van der Waals surface area contributed by atoms with E-state index < -0.39 is 0 Å². The molecule has 3 aromatic carbocycles. The molecule has 0 saturated carbocycles. The molecule has 194 valence electrons. The highest BCUT2D eigenvalue weighted by Gasteiger charge is 2.20. The van der Waals surface area contributed by atoms with E-state index in [1.54, 1.807) is 12.4 Å². The minimum Gasteiger partial charge on any atom is -0.352 e. The summed E-state index contributed by atoms with van der Waals surface area (Å²) >= 11 is 0. The van der Waals surface area contributed by atoms with Crippen molar-refractivity contribution >= 4 is 28.5 Å². The number of aryl methyl sites for hydroxylation is 1. The SMILES string of the molecule is Cc1ccc(CC(=O)Cc2ccc(-c3ccc4ncc(N5CCN(c6cnccn6)CC5)nc4c3)cc2)cc1. The van der Waals surface area contributed by atoms with Gasteiger partial charge in [0.1, 0.15) is 17.4 Å². The summed E-state index contributed by atoms with van der Waals surface area (Å²) in [6, 6.07) is 22.6. The number of ketones is 1. The van der Waals surface area contributed by atoms with Gasteiger partial charge < -0.3 is 9.80 Å². The highest BCUT2D eigenvalue weighted by molar-refractivity contribution is 5.84. The van der Waals surface area contributed by atoms with Crippen LogP contribution in [0, 0.1) is 6.92 Å². The van der Waals surface area contributed by atoms with Crippen molar-refractivity contribution in [3.8, 4) is 11.1 Å². The van der Waals surface area contributed by atoms with E-state index >= 15 is 0 Å². The summed E-state index contributed by atoms with van der Waals surface area (Å²) in [7, 11) is 0. The van der Waals surface area contributed by atoms with E-state index in [0.29, 0.717) is 12.8 Å². The molecule has 0 bridgehead atoms. The molecule has 7 nitrogen and oxygen atoms in total. The van der Waals surface area contributed by atoms with Gasteiger partial charge in [-0.2, -0.15) is 0 Å². The molecule has 1 aliphatic rings. The van der Waals surface area contributed by atoms with Gasteiger partial charge in [-0.15, -0.1) is 0 Å². The molecule has 1 saturated heterocycles. The molecule has 6 rings (SSSR count). The third-order valence-electron chi connectivity index (χ3n) is 7.22. The molecular weight excluding hydrogens is 484 g/mol. The van der Waals surface area contributed by atoms with Crippen LogP contribution in [0.1, 0.15) is 16.7 Å². The van der Waals surface area contributed by atoms with Gasteiger partial charge in [-0.1, -0.05) is 60.2 Å². The van der Waals surface area contributed by atoms with E-state index in [-0.39, 0.29) is 5.78 Å². The number of benzene rings is 3. The summed E-state index contributed by atoms with van der Waals surface area (Å²) in [6.07, 6.45) is 7.99. The van der Waals surface area contributed by atoms with Gasteiger partial charge in [0, 0.05) is 51.4 Å². The molecule has 0 unspecified atom stereocenters. The average Bonchev–Trinajstić information content (AvgIpc) is 2.99. The number of aromatic nitrogens is 4. The monoisotopic (exact) mass is 514 g/mol. The molecular formula is C32H30N6O. The number of nitrogens with zero attached hydrogens (tertiary/aromatic N) is 6. The Morgan fingerprint density at radius 1 is 0.692 bits per heavy atom. The first-order chi connectivity index (χ1) is 19.1. The van der Waals surface area contributed by atoms with E-state index in [4.69, 9.17) is 4.98 Å². The van der Waals surface area contributed by atoms with Gasteiger partial charge in [-0.3, -0.25) is 14.8 Å². The lowest BCUT2D eigenvalue weighted by molar-refractivity contribution is -0.117. The number of carbonyl (C=O) groups is 1. The summed E-state index contributed by atoms with van der Waals surface area (Å²) in [5.74, 6) is 2.02. The normalized spacial score (nSPS) is 13.6. The van der Waals surface area contributed by atoms with Crippen molar-refractivity contribution in [2.75, 3.05) is 36.0 Å². The van der Waals surface area contributed by atoms with Gasteiger partial charge in [0.15, 0.2) is 0 Å². The second-order valence-corrected chi connectivity index (χ2v) is 10.0. The average molecular weight is 515 g/mol. The van der Waals surface area contributed by atoms with Gasteiger partial charge in [0.25, 0.3) is 0 Å². The molecule has 2 aromatic heterocycles. The number of fused-ring (bicyclic) bond motifs is 1. The van der Waals surface area contributed by atoms with Crippen LogP contribution in [0.15, 0.2) is 91.5 Å². The van der Waals surface area contributed by atoms with Crippen LogP contribution in [0.5, 0.6) is 0 Å². The zero-order valence-electron chi connectivity index (χ0n) is 22.0. The quantitative estimate of drug-likeness (QED) is 0.300. The predicted octanol–water partition coefficient (Wildman–Crippen LogP) is 5.08. The van der Waals surface area contributed by atoms with Crippen molar-refractivity contribution < 1.29 is 4.79 Å². The first kappa shape index (κ1) is 24.7. The molecule has 3 heterocycles. The lowest BCUT2D eigenvalue weighted by Crippen LogP contribution is -2.47. The summed E-state index contributed by atoms with van der Waals surface area (Å²) < 4.78 is 0. The second-order valence-electron chi connectivity index (χ2n) is 10.0. The largest absolute Gasteiger partial charge is 0.352 e. The third kappa shape index (κ3) is 5.77. The summed E-state index contributed by atoms with van der Waals surface area (Å²) in [5, 5.41) is 0. The van der Waals surface area contributed by atoms with Crippen molar-refractivity contribution in [2.45, 2.75) is 19.8 Å². The zero-order valence-corrected chi connectivity index (χ0v) is 22.0. The number of hydrogen-bond donors (Lipinski definition) is 0. The van der Waals surface area contributed by atoms with Crippen LogP contribution in [0.25, 0.3) is 22.2 Å². The van der Waals surface area contributed by atoms with Crippen LogP contribution in [-0.4, -0.2) is 51.9 Å². The maximum Gasteiger partial charge on any atom is 0.147 e. The molecule has 39 heavy (non-hydrogen) atoms. The van der Waals surface area contributed by atoms with Gasteiger partial charge in [0.05, 0.1) is 23.4 Å². The second kappa shape index (κ2) is 11.0. The molecule has 0 N–H and O–H groups in total. The molecule has 1 fully saturated rings. The smallest absolute Gasteiger partial charge is 0.147 e.